The quantitative estimate of drug-likeness (QED) is 0.370. The van der Waals surface area contributed by atoms with Gasteiger partial charge < -0.3 is 5.32 Å². The molecule has 1 aliphatic rings. The van der Waals surface area contributed by atoms with Gasteiger partial charge in [-0.25, -0.2) is 4.79 Å². The lowest BCUT2D eigenvalue weighted by atomic mass is 9.87. The summed E-state index contributed by atoms with van der Waals surface area (Å²) in [6.45, 7) is 3.45. The number of carbonyl (C=O) groups excluding carboxylic acids is 3. The summed E-state index contributed by atoms with van der Waals surface area (Å²) in [5.74, 6) is -1.12. The Bertz CT molecular complexity index is 1040. The van der Waals surface area contributed by atoms with Gasteiger partial charge in [0.05, 0.1) is 11.5 Å². The fraction of sp³-hybridized carbons (Fsp3) is 0.318. The second-order valence-electron chi connectivity index (χ2n) is 7.67. The Kier molecular flexibility index (Phi) is 6.54. The summed E-state index contributed by atoms with van der Waals surface area (Å²) in [6, 6.07) is 14.0. The molecule has 1 aliphatic heterocycles. The van der Waals surface area contributed by atoms with E-state index < -0.39 is 28.3 Å². The van der Waals surface area contributed by atoms with Crippen LogP contribution in [0.2, 0.25) is 0 Å². The number of imide groups is 1. The van der Waals surface area contributed by atoms with Crippen LogP contribution in [-0.2, 0) is 15.1 Å². The number of hydrazine groups is 1. The number of rotatable bonds is 8. The zero-order valence-corrected chi connectivity index (χ0v) is 18.1. The minimum atomic E-state index is -1.24. The van der Waals surface area contributed by atoms with Gasteiger partial charge in [0.25, 0.3) is 17.5 Å². The maximum absolute atomic E-state index is 13.1. The van der Waals surface area contributed by atoms with Crippen LogP contribution in [0.1, 0.15) is 37.4 Å². The summed E-state index contributed by atoms with van der Waals surface area (Å²) in [5.41, 5.74) is 2.40. The zero-order valence-electron chi connectivity index (χ0n) is 18.1. The highest BCUT2D eigenvalue weighted by Crippen LogP contribution is 2.31. The number of hydrogen-bond donors (Lipinski definition) is 2. The third-order valence-corrected chi connectivity index (χ3v) is 5.74. The van der Waals surface area contributed by atoms with Gasteiger partial charge in [0.15, 0.2) is 0 Å². The van der Waals surface area contributed by atoms with Crippen LogP contribution in [0.25, 0.3) is 0 Å². The van der Waals surface area contributed by atoms with Crippen LogP contribution in [-0.4, -0.2) is 46.3 Å². The van der Waals surface area contributed by atoms with Crippen molar-refractivity contribution < 1.29 is 19.3 Å². The molecule has 1 saturated heterocycles. The Hall–Kier alpha value is -3.79. The fourth-order valence-electron chi connectivity index (χ4n) is 3.71. The molecule has 10 heteroatoms. The highest BCUT2D eigenvalue weighted by Gasteiger charge is 2.52. The van der Waals surface area contributed by atoms with Crippen LogP contribution >= 0.6 is 0 Å². The highest BCUT2D eigenvalue weighted by atomic mass is 16.6. The molecule has 0 spiro atoms. The van der Waals surface area contributed by atoms with Crippen LogP contribution < -0.4 is 10.7 Å². The number of nitrogens with one attached hydrogen (secondary N) is 2. The summed E-state index contributed by atoms with van der Waals surface area (Å²) in [4.78, 5) is 50.4. The molecule has 0 saturated carbocycles. The fourth-order valence-corrected chi connectivity index (χ4v) is 3.71. The van der Waals surface area contributed by atoms with E-state index in [0.29, 0.717) is 22.6 Å². The minimum Gasteiger partial charge on any atom is -0.318 e. The van der Waals surface area contributed by atoms with E-state index in [-0.39, 0.29) is 18.3 Å². The van der Waals surface area contributed by atoms with E-state index in [1.807, 2.05) is 6.07 Å². The maximum atomic E-state index is 13.1. The Morgan fingerprint density at radius 1 is 1.22 bits per heavy atom. The number of benzene rings is 2. The van der Waals surface area contributed by atoms with Gasteiger partial charge in [0, 0.05) is 18.2 Å². The molecule has 2 aromatic carbocycles. The van der Waals surface area contributed by atoms with E-state index in [4.69, 9.17) is 0 Å². The Morgan fingerprint density at radius 3 is 2.53 bits per heavy atom. The summed E-state index contributed by atoms with van der Waals surface area (Å²) in [5, 5.41) is 14.4. The summed E-state index contributed by atoms with van der Waals surface area (Å²) in [7, 11) is 1.68. The molecule has 2 unspecified atom stereocenters. The van der Waals surface area contributed by atoms with Gasteiger partial charge in [-0.05, 0) is 31.5 Å². The minimum absolute atomic E-state index is 0.0386. The molecule has 1 fully saturated rings. The standard InChI is InChI=1S/C22H25N5O5/c1-4-22(17-10-6-5-7-11-17)20(29)26(21(30)23-22)24-19(28)14-25(3)15(2)16-9-8-12-18(13-16)27(31)32/h5-13,15H,4,14H2,1-3H3,(H,23,30)(H,24,28). The molecule has 10 nitrogen and oxygen atoms in total. The average Bonchev–Trinajstić information content (AvgIpc) is 3.04. The highest BCUT2D eigenvalue weighted by molar-refractivity contribution is 6.08. The van der Waals surface area contributed by atoms with E-state index in [0.717, 1.165) is 0 Å². The normalized spacial score (nSPS) is 19.1. The lowest BCUT2D eigenvalue weighted by Crippen LogP contribution is -2.50. The van der Waals surface area contributed by atoms with E-state index in [1.165, 1.54) is 12.1 Å². The summed E-state index contributed by atoms with van der Waals surface area (Å²) in [6.07, 6.45) is 0.317. The Balaban J connectivity index is 1.69. The van der Waals surface area contributed by atoms with Crippen molar-refractivity contribution in [3.63, 3.8) is 0 Å². The van der Waals surface area contributed by atoms with Crippen LogP contribution in [0.15, 0.2) is 54.6 Å². The molecule has 32 heavy (non-hydrogen) atoms. The number of non-ortho nitro benzene ring substituents is 1. The predicted octanol–water partition coefficient (Wildman–Crippen LogP) is 2.48. The number of hydrogen-bond acceptors (Lipinski definition) is 6. The third-order valence-electron chi connectivity index (χ3n) is 5.74. The number of carbonyl (C=O) groups is 3. The predicted molar refractivity (Wildman–Crippen MR) is 116 cm³/mol. The van der Waals surface area contributed by atoms with Crippen LogP contribution in [0.5, 0.6) is 0 Å². The van der Waals surface area contributed by atoms with Crippen molar-refractivity contribution in [1.82, 2.24) is 20.7 Å². The number of urea groups is 1. The van der Waals surface area contributed by atoms with Crippen molar-refractivity contribution in [2.45, 2.75) is 31.8 Å². The van der Waals surface area contributed by atoms with Gasteiger partial charge in [-0.2, -0.15) is 5.01 Å². The van der Waals surface area contributed by atoms with Crippen molar-refractivity contribution in [3.05, 3.63) is 75.8 Å². The second kappa shape index (κ2) is 9.15. The van der Waals surface area contributed by atoms with Gasteiger partial charge in [-0.1, -0.05) is 49.4 Å². The van der Waals surface area contributed by atoms with Crippen LogP contribution in [0, 0.1) is 10.1 Å². The van der Waals surface area contributed by atoms with Crippen molar-refractivity contribution in [3.8, 4) is 0 Å². The molecule has 1 heterocycles. The molecule has 3 rings (SSSR count). The number of likely N-dealkylation sites (N-methyl/N-ethyl adjacent to an activating group) is 1. The molecule has 2 N–H and O–H groups in total. The first-order valence-corrected chi connectivity index (χ1v) is 10.2. The zero-order chi connectivity index (χ0) is 23.5. The van der Waals surface area contributed by atoms with Gasteiger partial charge in [0.2, 0.25) is 0 Å². The molecular formula is C22H25N5O5. The van der Waals surface area contributed by atoms with Crippen molar-refractivity contribution in [2.24, 2.45) is 0 Å². The molecule has 0 radical (unpaired) electrons. The van der Waals surface area contributed by atoms with E-state index in [2.05, 4.69) is 10.7 Å². The molecule has 0 aromatic heterocycles. The SMILES string of the molecule is CCC1(c2ccccc2)NC(=O)N(NC(=O)CN(C)C(C)c2cccc([N+](=O)[O-])c2)C1=O. The number of nitrogens with zero attached hydrogens (tertiary/aromatic N) is 3. The number of nitro benzene ring substituents is 1. The average molecular weight is 439 g/mol. The summed E-state index contributed by atoms with van der Waals surface area (Å²) < 4.78 is 0. The number of amides is 4. The van der Waals surface area contributed by atoms with Gasteiger partial charge in [-0.15, -0.1) is 0 Å². The first-order valence-electron chi connectivity index (χ1n) is 10.2. The molecule has 0 bridgehead atoms. The van der Waals surface area contributed by atoms with Crippen molar-refractivity contribution in [2.75, 3.05) is 13.6 Å². The van der Waals surface area contributed by atoms with Crippen molar-refractivity contribution >= 4 is 23.5 Å². The van der Waals surface area contributed by atoms with E-state index in [9.17, 15) is 24.5 Å². The summed E-state index contributed by atoms with van der Waals surface area (Å²) >= 11 is 0. The molecule has 2 atom stereocenters. The van der Waals surface area contributed by atoms with Gasteiger partial charge in [0.1, 0.15) is 5.54 Å². The largest absolute Gasteiger partial charge is 0.344 e. The molecule has 2 aromatic rings. The van der Waals surface area contributed by atoms with Crippen LogP contribution in [0.3, 0.4) is 0 Å². The lowest BCUT2D eigenvalue weighted by Gasteiger charge is -2.26. The topological polar surface area (TPSA) is 125 Å². The van der Waals surface area contributed by atoms with Gasteiger partial charge in [-0.3, -0.25) is 30.0 Å². The smallest absolute Gasteiger partial charge is 0.318 e. The lowest BCUT2D eigenvalue weighted by molar-refractivity contribution is -0.384. The molecule has 4 amide bonds. The maximum Gasteiger partial charge on any atom is 0.344 e. The molecular weight excluding hydrogens is 414 g/mol. The Labute approximate surface area is 185 Å². The first-order chi connectivity index (χ1) is 15.2. The Morgan fingerprint density at radius 2 is 1.91 bits per heavy atom. The molecule has 168 valence electrons. The van der Waals surface area contributed by atoms with Gasteiger partial charge >= 0.3 is 6.03 Å². The van der Waals surface area contributed by atoms with Crippen LogP contribution in [0.4, 0.5) is 10.5 Å². The first kappa shape index (κ1) is 22.9. The third kappa shape index (κ3) is 4.30. The van der Waals surface area contributed by atoms with E-state index in [1.54, 1.807) is 62.2 Å². The molecule has 0 aliphatic carbocycles. The monoisotopic (exact) mass is 439 g/mol. The number of nitro groups is 1. The second-order valence-corrected chi connectivity index (χ2v) is 7.67. The van der Waals surface area contributed by atoms with E-state index >= 15 is 0 Å². The van der Waals surface area contributed by atoms with Crippen molar-refractivity contribution in [1.29, 1.82) is 0 Å².